The molecule has 8 nitrogen and oxygen atoms in total. The van der Waals surface area contributed by atoms with E-state index in [2.05, 4.69) is 10.4 Å². The van der Waals surface area contributed by atoms with Crippen molar-refractivity contribution in [1.82, 2.24) is 15.1 Å². The first-order valence-electron chi connectivity index (χ1n) is 9.39. The standard InChI is InChI=1S/C21H20N4O4/c26-18(14-25-21(28)29-20(23-25)16-5-2-1-3-6-16)22-13-15-8-10-17(11-9-15)24-12-4-7-19(24)27/h1-3,5-6,8-11H,4,7,12-14H2,(H,22,26). The van der Waals surface area contributed by atoms with Crippen LogP contribution in [0, 0.1) is 0 Å². The molecular formula is C21H20N4O4. The number of nitrogens with one attached hydrogen (secondary N) is 1. The van der Waals surface area contributed by atoms with E-state index >= 15 is 0 Å². The van der Waals surface area contributed by atoms with Gasteiger partial charge < -0.3 is 14.6 Å². The maximum atomic E-state index is 12.2. The van der Waals surface area contributed by atoms with Gasteiger partial charge >= 0.3 is 5.76 Å². The van der Waals surface area contributed by atoms with Crippen molar-refractivity contribution in [2.75, 3.05) is 11.4 Å². The van der Waals surface area contributed by atoms with E-state index in [1.54, 1.807) is 17.0 Å². The first-order valence-corrected chi connectivity index (χ1v) is 9.39. The molecule has 0 saturated carbocycles. The van der Waals surface area contributed by atoms with Gasteiger partial charge in [0.05, 0.1) is 0 Å². The highest BCUT2D eigenvalue weighted by Gasteiger charge is 2.21. The van der Waals surface area contributed by atoms with Crippen molar-refractivity contribution in [3.63, 3.8) is 0 Å². The van der Waals surface area contributed by atoms with Crippen LogP contribution in [0.4, 0.5) is 5.69 Å². The number of hydrogen-bond donors (Lipinski definition) is 1. The summed E-state index contributed by atoms with van der Waals surface area (Å²) in [6.45, 7) is 0.826. The summed E-state index contributed by atoms with van der Waals surface area (Å²) in [6.07, 6.45) is 1.47. The number of amides is 2. The highest BCUT2D eigenvalue weighted by molar-refractivity contribution is 5.95. The third kappa shape index (κ3) is 4.26. The number of hydrogen-bond acceptors (Lipinski definition) is 5. The van der Waals surface area contributed by atoms with E-state index < -0.39 is 5.76 Å². The van der Waals surface area contributed by atoms with E-state index in [0.29, 0.717) is 18.5 Å². The third-order valence-corrected chi connectivity index (χ3v) is 4.73. The second-order valence-electron chi connectivity index (χ2n) is 6.79. The number of nitrogens with zero attached hydrogens (tertiary/aromatic N) is 3. The van der Waals surface area contributed by atoms with Gasteiger partial charge in [0.25, 0.3) is 0 Å². The van der Waals surface area contributed by atoms with Crippen molar-refractivity contribution in [3.8, 4) is 11.5 Å². The quantitative estimate of drug-likeness (QED) is 0.691. The lowest BCUT2D eigenvalue weighted by atomic mass is 10.2. The number of carbonyl (C=O) groups excluding carboxylic acids is 2. The second-order valence-corrected chi connectivity index (χ2v) is 6.79. The fourth-order valence-electron chi connectivity index (χ4n) is 3.21. The molecule has 2 heterocycles. The second kappa shape index (κ2) is 8.14. The molecule has 0 aliphatic carbocycles. The Morgan fingerprint density at radius 3 is 2.52 bits per heavy atom. The molecule has 0 unspecified atom stereocenters. The summed E-state index contributed by atoms with van der Waals surface area (Å²) in [5, 5.41) is 6.84. The van der Waals surface area contributed by atoms with Gasteiger partial charge in [-0.3, -0.25) is 9.59 Å². The van der Waals surface area contributed by atoms with Gasteiger partial charge in [0.1, 0.15) is 6.54 Å². The summed E-state index contributed by atoms with van der Waals surface area (Å²) in [5.74, 6) is -0.716. The first-order chi connectivity index (χ1) is 14.1. The average Bonchev–Trinajstić information content (AvgIpc) is 3.33. The molecule has 1 aliphatic rings. The molecule has 0 bridgehead atoms. The molecule has 1 N–H and O–H groups in total. The molecule has 29 heavy (non-hydrogen) atoms. The Morgan fingerprint density at radius 2 is 1.83 bits per heavy atom. The van der Waals surface area contributed by atoms with E-state index in [1.165, 1.54) is 0 Å². The van der Waals surface area contributed by atoms with Crippen LogP contribution in [-0.4, -0.2) is 28.1 Å². The first kappa shape index (κ1) is 18.7. The molecule has 0 radical (unpaired) electrons. The van der Waals surface area contributed by atoms with Gasteiger partial charge in [-0.2, -0.15) is 4.68 Å². The topological polar surface area (TPSA) is 97.4 Å². The van der Waals surface area contributed by atoms with E-state index in [-0.39, 0.29) is 24.2 Å². The lowest BCUT2D eigenvalue weighted by molar-refractivity contribution is -0.122. The summed E-state index contributed by atoms with van der Waals surface area (Å²) >= 11 is 0. The SMILES string of the molecule is O=C(Cn1nc(-c2ccccc2)oc1=O)NCc1ccc(N2CCCC2=O)cc1. The Labute approximate surface area is 166 Å². The number of carbonyl (C=O) groups is 2. The van der Waals surface area contributed by atoms with Crippen LogP contribution in [-0.2, 0) is 22.7 Å². The van der Waals surface area contributed by atoms with Crippen LogP contribution in [0.15, 0.2) is 63.8 Å². The number of rotatable bonds is 6. The fourth-order valence-corrected chi connectivity index (χ4v) is 3.21. The van der Waals surface area contributed by atoms with Crippen LogP contribution in [0.2, 0.25) is 0 Å². The monoisotopic (exact) mass is 392 g/mol. The van der Waals surface area contributed by atoms with Crippen LogP contribution in [0.25, 0.3) is 11.5 Å². The Balaban J connectivity index is 1.34. The van der Waals surface area contributed by atoms with Gasteiger partial charge in [-0.15, -0.1) is 5.10 Å². The van der Waals surface area contributed by atoms with Gasteiger partial charge in [-0.25, -0.2) is 4.79 Å². The van der Waals surface area contributed by atoms with Gasteiger partial charge in [0.2, 0.25) is 17.7 Å². The minimum Gasteiger partial charge on any atom is -0.388 e. The smallest absolute Gasteiger partial charge is 0.388 e. The summed E-state index contributed by atoms with van der Waals surface area (Å²) in [7, 11) is 0. The molecule has 0 atom stereocenters. The van der Waals surface area contributed by atoms with Crippen LogP contribution < -0.4 is 16.0 Å². The Morgan fingerprint density at radius 1 is 1.07 bits per heavy atom. The molecule has 1 fully saturated rings. The highest BCUT2D eigenvalue weighted by atomic mass is 16.4. The molecule has 2 amide bonds. The Kier molecular flexibility index (Phi) is 5.24. The number of aromatic nitrogens is 2. The molecule has 4 rings (SSSR count). The molecule has 8 heteroatoms. The molecule has 2 aromatic carbocycles. The van der Waals surface area contributed by atoms with E-state index in [9.17, 15) is 14.4 Å². The predicted octanol–water partition coefficient (Wildman–Crippen LogP) is 1.95. The zero-order chi connectivity index (χ0) is 20.2. The van der Waals surface area contributed by atoms with Gasteiger partial charge in [-0.1, -0.05) is 30.3 Å². The van der Waals surface area contributed by atoms with E-state index in [0.717, 1.165) is 28.9 Å². The van der Waals surface area contributed by atoms with Gasteiger partial charge in [0.15, 0.2) is 0 Å². The van der Waals surface area contributed by atoms with Crippen molar-refractivity contribution in [3.05, 3.63) is 70.7 Å². The van der Waals surface area contributed by atoms with Crippen molar-refractivity contribution in [1.29, 1.82) is 0 Å². The minimum atomic E-state index is -0.682. The van der Waals surface area contributed by atoms with Crippen molar-refractivity contribution >= 4 is 17.5 Å². The molecule has 3 aromatic rings. The zero-order valence-corrected chi connectivity index (χ0v) is 15.7. The van der Waals surface area contributed by atoms with Crippen LogP contribution in [0.5, 0.6) is 0 Å². The minimum absolute atomic E-state index is 0.138. The maximum absolute atomic E-state index is 12.2. The Hall–Kier alpha value is -3.68. The molecule has 148 valence electrons. The lowest BCUT2D eigenvalue weighted by Gasteiger charge is -2.16. The largest absolute Gasteiger partial charge is 0.437 e. The van der Waals surface area contributed by atoms with Crippen molar-refractivity contribution in [2.45, 2.75) is 25.9 Å². The van der Waals surface area contributed by atoms with Crippen LogP contribution in [0.1, 0.15) is 18.4 Å². The van der Waals surface area contributed by atoms with E-state index in [4.69, 9.17) is 4.42 Å². The predicted molar refractivity (Wildman–Crippen MR) is 106 cm³/mol. The zero-order valence-electron chi connectivity index (χ0n) is 15.7. The molecule has 1 aliphatic heterocycles. The summed E-state index contributed by atoms with van der Waals surface area (Å²) < 4.78 is 6.12. The molecular weight excluding hydrogens is 372 g/mol. The normalized spacial score (nSPS) is 13.7. The highest BCUT2D eigenvalue weighted by Crippen LogP contribution is 2.21. The average molecular weight is 392 g/mol. The van der Waals surface area contributed by atoms with Crippen LogP contribution >= 0.6 is 0 Å². The molecule has 1 saturated heterocycles. The summed E-state index contributed by atoms with van der Waals surface area (Å²) in [4.78, 5) is 37.7. The Bertz CT molecular complexity index is 1070. The fraction of sp³-hybridized carbons (Fsp3) is 0.238. The lowest BCUT2D eigenvalue weighted by Crippen LogP contribution is -2.31. The van der Waals surface area contributed by atoms with Crippen LogP contribution in [0.3, 0.4) is 0 Å². The van der Waals surface area contributed by atoms with Gasteiger partial charge in [0, 0.05) is 30.8 Å². The van der Waals surface area contributed by atoms with Crippen molar-refractivity contribution < 1.29 is 14.0 Å². The third-order valence-electron chi connectivity index (χ3n) is 4.73. The van der Waals surface area contributed by atoms with E-state index in [1.807, 2.05) is 42.5 Å². The summed E-state index contributed by atoms with van der Waals surface area (Å²) in [5.41, 5.74) is 2.43. The summed E-state index contributed by atoms with van der Waals surface area (Å²) in [6, 6.07) is 16.5. The number of benzene rings is 2. The van der Waals surface area contributed by atoms with Crippen molar-refractivity contribution in [2.24, 2.45) is 0 Å². The molecule has 0 spiro atoms. The van der Waals surface area contributed by atoms with Gasteiger partial charge in [-0.05, 0) is 36.2 Å². The maximum Gasteiger partial charge on any atom is 0.437 e. The number of anilines is 1. The molecule has 1 aromatic heterocycles.